The highest BCUT2D eigenvalue weighted by atomic mass is 19.1. The van der Waals surface area contributed by atoms with E-state index in [-0.39, 0.29) is 28.7 Å². The Labute approximate surface area is 396 Å². The normalized spacial score (nSPS) is 20.9. The second-order valence-corrected chi connectivity index (χ2v) is 19.4. The zero-order chi connectivity index (χ0) is 48.4. The highest BCUT2D eigenvalue weighted by molar-refractivity contribution is 6.00. The first kappa shape index (κ1) is 47.6. The lowest BCUT2D eigenvalue weighted by atomic mass is 9.89. The van der Waals surface area contributed by atoms with Crippen LogP contribution in [0.2, 0.25) is 0 Å². The molecule has 8 rings (SSSR count). The quantitative estimate of drug-likeness (QED) is 0.0885. The number of nitrogen functional groups attached to an aromatic ring is 2. The molecule has 4 fully saturated rings. The van der Waals surface area contributed by atoms with Crippen molar-refractivity contribution in [2.75, 3.05) is 58.1 Å². The number of carbonyl (C=O) groups excluding carboxylic acids is 4. The Morgan fingerprint density at radius 3 is 1.63 bits per heavy atom. The summed E-state index contributed by atoms with van der Waals surface area (Å²) in [7, 11) is 0. The van der Waals surface area contributed by atoms with Crippen LogP contribution in [-0.4, -0.2) is 77.7 Å². The zero-order valence-electron chi connectivity index (χ0n) is 39.2. The molecular formula is C52H62F2N8O6. The predicted octanol–water partition coefficient (Wildman–Crippen LogP) is 10.0. The van der Waals surface area contributed by atoms with E-state index in [1.165, 1.54) is 27.5 Å². The summed E-state index contributed by atoms with van der Waals surface area (Å²) < 4.78 is 43.9. The molecule has 6 N–H and O–H groups in total. The van der Waals surface area contributed by atoms with E-state index in [0.29, 0.717) is 87.7 Å². The predicted molar refractivity (Wildman–Crippen MR) is 260 cm³/mol. The van der Waals surface area contributed by atoms with Crippen molar-refractivity contribution in [2.24, 2.45) is 0 Å². The number of benzene rings is 4. The van der Waals surface area contributed by atoms with Crippen LogP contribution in [0.25, 0.3) is 0 Å². The summed E-state index contributed by atoms with van der Waals surface area (Å²) >= 11 is 0. The molecule has 4 aromatic rings. The summed E-state index contributed by atoms with van der Waals surface area (Å²) in [6, 6.07) is 21.3. The lowest BCUT2D eigenvalue weighted by Crippen LogP contribution is -2.45. The zero-order valence-corrected chi connectivity index (χ0v) is 39.2. The molecule has 360 valence electrons. The number of anilines is 6. The number of rotatable bonds is 10. The van der Waals surface area contributed by atoms with Crippen molar-refractivity contribution in [3.63, 3.8) is 0 Å². The van der Waals surface area contributed by atoms with Crippen LogP contribution in [0.15, 0.2) is 91.2 Å². The number of ether oxygens (including phenoxy) is 2. The molecule has 16 heteroatoms. The molecule has 4 aliphatic heterocycles. The number of halogens is 2. The van der Waals surface area contributed by atoms with Gasteiger partial charge in [-0.05, 0) is 138 Å². The molecule has 68 heavy (non-hydrogen) atoms. The van der Waals surface area contributed by atoms with Crippen LogP contribution in [0.1, 0.15) is 114 Å². The number of nitrogens with one attached hydrogen (secondary N) is 2. The van der Waals surface area contributed by atoms with E-state index in [0.717, 1.165) is 24.0 Å². The molecule has 14 nitrogen and oxygen atoms in total. The highest BCUT2D eigenvalue weighted by Crippen LogP contribution is 2.49. The Morgan fingerprint density at radius 1 is 0.662 bits per heavy atom. The number of nitrogens with zero attached hydrogens (tertiary/aromatic N) is 4. The minimum Gasteiger partial charge on any atom is -0.444 e. The standard InChI is InChI=1S/C52H62F2N8O6/c1-31(2)67-50(65)60-23-9-13-45(60)48(63)57-41-17-15-34(27-39(41)55)43-19-20-44(35-16-18-42(40(56)28-35)58-49(64)46-14-10-24-61(46)51(66)68-52(3,4)5)62(43)36-29-37(53)47(38(54)30-36)59-25-21-33(22-26-59)32-11-7-6-8-12-32/h6-8,11-12,15-18,27-30,33,43-46H,1,9-10,13-14,19-26,55-56H2,2-5H3,(H,57,63)(H,58,64)/t43-,44-,45+,46+/m1/s1. The number of hydrogen-bond donors (Lipinski definition) is 4. The molecule has 0 spiro atoms. The first-order valence-corrected chi connectivity index (χ1v) is 23.6. The van der Waals surface area contributed by atoms with Gasteiger partial charge in [0.1, 0.15) is 23.4 Å². The second-order valence-electron chi connectivity index (χ2n) is 19.4. The van der Waals surface area contributed by atoms with E-state index in [4.69, 9.17) is 20.9 Å². The molecule has 4 aliphatic rings. The molecule has 0 saturated carbocycles. The van der Waals surface area contributed by atoms with Crippen LogP contribution in [0, 0.1) is 11.6 Å². The summed E-state index contributed by atoms with van der Waals surface area (Å²) in [5, 5.41) is 5.80. The van der Waals surface area contributed by atoms with E-state index >= 15 is 8.78 Å². The maximum Gasteiger partial charge on any atom is 0.415 e. The van der Waals surface area contributed by atoms with E-state index < -0.39 is 59.5 Å². The molecule has 4 atom stereocenters. The summed E-state index contributed by atoms with van der Waals surface area (Å²) in [5.74, 6) is -1.59. The van der Waals surface area contributed by atoms with E-state index in [9.17, 15) is 19.2 Å². The fraction of sp³-hybridized carbons (Fsp3) is 0.423. The van der Waals surface area contributed by atoms with Crippen LogP contribution in [0.3, 0.4) is 0 Å². The number of carbonyl (C=O) groups is 4. The van der Waals surface area contributed by atoms with Gasteiger partial charge in [0.15, 0.2) is 11.6 Å². The Morgan fingerprint density at radius 2 is 1.16 bits per heavy atom. The summed E-state index contributed by atoms with van der Waals surface area (Å²) in [6.07, 6.45) is 3.67. The van der Waals surface area contributed by atoms with Gasteiger partial charge in [-0.2, -0.15) is 0 Å². The molecule has 0 radical (unpaired) electrons. The maximum absolute atomic E-state index is 16.6. The molecule has 0 aromatic heterocycles. The number of amides is 4. The molecule has 4 aromatic carbocycles. The minimum atomic E-state index is -0.753. The molecule has 0 aliphatic carbocycles. The molecule has 0 bridgehead atoms. The maximum atomic E-state index is 16.6. The average molecular weight is 933 g/mol. The van der Waals surface area contributed by atoms with Gasteiger partial charge in [-0.25, -0.2) is 18.4 Å². The summed E-state index contributed by atoms with van der Waals surface area (Å²) in [5.41, 5.74) is 16.9. The number of nitrogens with two attached hydrogens (primary N) is 2. The highest BCUT2D eigenvalue weighted by Gasteiger charge is 2.40. The fourth-order valence-electron chi connectivity index (χ4n) is 10.3. The van der Waals surface area contributed by atoms with Crippen LogP contribution < -0.4 is 31.9 Å². The van der Waals surface area contributed by atoms with Crippen LogP contribution in [0.4, 0.5) is 52.5 Å². The van der Waals surface area contributed by atoms with Gasteiger partial charge in [-0.1, -0.05) is 49.0 Å². The van der Waals surface area contributed by atoms with Gasteiger partial charge in [0, 0.05) is 31.9 Å². The number of hydrogen-bond acceptors (Lipinski definition) is 10. The fourth-order valence-corrected chi connectivity index (χ4v) is 10.3. The Bertz CT molecular complexity index is 2540. The summed E-state index contributed by atoms with van der Waals surface area (Å²) in [6.45, 7) is 12.3. The van der Waals surface area contributed by atoms with Crippen molar-refractivity contribution in [3.05, 3.63) is 120 Å². The van der Waals surface area contributed by atoms with Gasteiger partial charge in [0.05, 0.1) is 40.6 Å². The SMILES string of the molecule is C=C(C)OC(=O)N1CCC[C@H]1C(=O)Nc1ccc([C@H]2CC[C@H](c3ccc(NC(=O)[C@@H]4CCCN4C(=O)OC(C)(C)C)c(N)c3)N2c2cc(F)c(N3CCC(c4ccccc4)CC3)c(F)c2)cc1N. The topological polar surface area (TPSA) is 176 Å². The van der Waals surface area contributed by atoms with E-state index in [2.05, 4.69) is 29.3 Å². The van der Waals surface area contributed by atoms with Gasteiger partial charge in [0.2, 0.25) is 11.8 Å². The summed E-state index contributed by atoms with van der Waals surface area (Å²) in [4.78, 5) is 59.4. The van der Waals surface area contributed by atoms with Gasteiger partial charge in [0.25, 0.3) is 0 Å². The van der Waals surface area contributed by atoms with Crippen molar-refractivity contribution in [1.29, 1.82) is 0 Å². The molecule has 0 unspecified atom stereocenters. The Hall–Kier alpha value is -6.84. The molecule has 4 heterocycles. The minimum absolute atomic E-state index is 0.0533. The van der Waals surface area contributed by atoms with Crippen molar-refractivity contribution in [3.8, 4) is 0 Å². The van der Waals surface area contributed by atoms with Crippen LogP contribution in [0.5, 0.6) is 0 Å². The largest absolute Gasteiger partial charge is 0.444 e. The Kier molecular flexibility index (Phi) is 13.9. The van der Waals surface area contributed by atoms with Gasteiger partial charge in [-0.3, -0.25) is 19.4 Å². The molecular weight excluding hydrogens is 871 g/mol. The first-order valence-electron chi connectivity index (χ1n) is 23.6. The van der Waals surface area contributed by atoms with Crippen molar-refractivity contribution >= 4 is 58.1 Å². The lowest BCUT2D eigenvalue weighted by Gasteiger charge is -2.36. The third kappa shape index (κ3) is 10.3. The van der Waals surface area contributed by atoms with Crippen LogP contribution >= 0.6 is 0 Å². The molecule has 4 amide bonds. The van der Waals surface area contributed by atoms with Crippen molar-refractivity contribution in [1.82, 2.24) is 9.80 Å². The van der Waals surface area contributed by atoms with Gasteiger partial charge < -0.3 is 41.4 Å². The van der Waals surface area contributed by atoms with Gasteiger partial charge >= 0.3 is 12.2 Å². The average Bonchev–Trinajstić information content (AvgIpc) is 4.09. The lowest BCUT2D eigenvalue weighted by molar-refractivity contribution is -0.120. The molecule has 4 saturated heterocycles. The number of allylic oxidation sites excluding steroid dienone is 1. The number of likely N-dealkylation sites (tertiary alicyclic amines) is 2. The smallest absolute Gasteiger partial charge is 0.415 e. The first-order chi connectivity index (χ1) is 32.4. The Balaban J connectivity index is 1.06. The van der Waals surface area contributed by atoms with Gasteiger partial charge in [-0.15, -0.1) is 0 Å². The van der Waals surface area contributed by atoms with Crippen molar-refractivity contribution in [2.45, 2.75) is 115 Å². The van der Waals surface area contributed by atoms with Crippen molar-refractivity contribution < 1.29 is 37.4 Å². The monoisotopic (exact) mass is 932 g/mol. The van der Waals surface area contributed by atoms with Crippen LogP contribution in [-0.2, 0) is 19.1 Å². The third-order valence-electron chi connectivity index (χ3n) is 13.4. The number of piperidine rings is 1. The third-order valence-corrected chi connectivity index (χ3v) is 13.4. The van der Waals surface area contributed by atoms with E-state index in [1.54, 1.807) is 56.9 Å². The second kappa shape index (κ2) is 19.8. The van der Waals surface area contributed by atoms with E-state index in [1.807, 2.05) is 35.2 Å².